The number of Topliss-reactive ketones (excluding diaryl/α,β-unsaturated/α-hetero) is 1. The summed E-state index contributed by atoms with van der Waals surface area (Å²) in [5, 5.41) is 10.00. The summed E-state index contributed by atoms with van der Waals surface area (Å²) in [6, 6.07) is 0. The molecule has 0 aromatic carbocycles. The fourth-order valence-corrected chi connectivity index (χ4v) is 6.22. The van der Waals surface area contributed by atoms with Crippen molar-refractivity contribution in [1.82, 2.24) is 0 Å². The first-order chi connectivity index (χ1) is 16.6. The van der Waals surface area contributed by atoms with Gasteiger partial charge in [0, 0.05) is 37.7 Å². The molecule has 0 radical (unpaired) electrons. The van der Waals surface area contributed by atoms with Gasteiger partial charge in [0.15, 0.2) is 11.9 Å². The second-order valence-electron chi connectivity index (χ2n) is 10.8. The van der Waals surface area contributed by atoms with Crippen molar-refractivity contribution >= 4 is 17.7 Å². The molecule has 1 aliphatic carbocycles. The predicted molar refractivity (Wildman–Crippen MR) is 131 cm³/mol. The molecular weight excluding hydrogens is 448 g/mol. The van der Waals surface area contributed by atoms with Crippen LogP contribution in [0.5, 0.6) is 0 Å². The highest BCUT2D eigenvalue weighted by molar-refractivity contribution is 5.94. The maximum Gasteiger partial charge on any atom is 0.348 e. The number of ketones is 1. The van der Waals surface area contributed by atoms with Crippen molar-refractivity contribution in [1.29, 1.82) is 0 Å². The Hall–Kier alpha value is -1.99. The average Bonchev–Trinajstić information content (AvgIpc) is 3.22. The molecule has 0 spiro atoms. The Bertz CT molecular complexity index is 848. The molecule has 0 amide bonds. The number of aliphatic hydroxyl groups excluding tert-OH is 1. The van der Waals surface area contributed by atoms with Crippen LogP contribution in [0.3, 0.4) is 0 Å². The second kappa shape index (κ2) is 11.4. The highest BCUT2D eigenvalue weighted by atomic mass is 16.6. The zero-order chi connectivity index (χ0) is 25.9. The normalized spacial score (nSPS) is 34.8. The number of esters is 2. The fraction of sp³-hybridized carbons (Fsp3) is 0.750. The van der Waals surface area contributed by atoms with Gasteiger partial charge in [-0.1, -0.05) is 39.5 Å². The molecule has 2 bridgehead atoms. The van der Waals surface area contributed by atoms with Gasteiger partial charge in [-0.3, -0.25) is 9.59 Å². The molecule has 1 saturated carbocycles. The van der Waals surface area contributed by atoms with Crippen molar-refractivity contribution in [3.63, 3.8) is 0 Å². The topological polar surface area (TPSA) is 99.1 Å². The van der Waals surface area contributed by atoms with Crippen molar-refractivity contribution in [3.8, 4) is 0 Å². The summed E-state index contributed by atoms with van der Waals surface area (Å²) in [7, 11) is 0. The van der Waals surface area contributed by atoms with Gasteiger partial charge in [-0.05, 0) is 56.4 Å². The van der Waals surface area contributed by atoms with Crippen LogP contribution in [0.4, 0.5) is 0 Å². The SMILES string of the molecule is C=C1C[C@H]2O[C@H]([C@@H]3[C@@H]([C@@H](C)CO)CCC(=C)[C@@H]32)[C@](C)(OC(=O)C(CC)OC(=O)CCC)CCC1=O. The summed E-state index contributed by atoms with van der Waals surface area (Å²) >= 11 is 0. The molecule has 1 N–H and O–H groups in total. The van der Waals surface area contributed by atoms with Gasteiger partial charge in [0.2, 0.25) is 0 Å². The highest BCUT2D eigenvalue weighted by Gasteiger charge is 2.59. The molecule has 2 aliphatic heterocycles. The Morgan fingerprint density at radius 3 is 2.60 bits per heavy atom. The van der Waals surface area contributed by atoms with E-state index >= 15 is 0 Å². The number of hydrogen-bond donors (Lipinski definition) is 1. The standard InChI is InChI=1S/C28H42O7/c1-7-9-23(31)33-21(8-2)27(32)35-28(6)13-12-20(30)17(4)14-22-24-16(3)10-11-19(18(5)15-29)25(24)26(28)34-22/h18-19,21-22,24-26,29H,3-4,7-15H2,1-2,5-6H3/t18-,19+,21?,22+,24+,25+,26+,28+/m0/s1. The zero-order valence-electron chi connectivity index (χ0n) is 21.7. The molecule has 0 aromatic rings. The van der Waals surface area contributed by atoms with Gasteiger partial charge in [0.1, 0.15) is 11.7 Å². The Morgan fingerprint density at radius 1 is 1.26 bits per heavy atom. The molecule has 7 nitrogen and oxygen atoms in total. The number of rotatable bonds is 8. The predicted octanol–water partition coefficient (Wildman–Crippen LogP) is 4.31. The van der Waals surface area contributed by atoms with Crippen LogP contribution >= 0.6 is 0 Å². The number of ether oxygens (including phenoxy) is 3. The van der Waals surface area contributed by atoms with Gasteiger partial charge >= 0.3 is 11.9 Å². The molecule has 196 valence electrons. The van der Waals surface area contributed by atoms with E-state index in [4.69, 9.17) is 14.2 Å². The van der Waals surface area contributed by atoms with Crippen LogP contribution in [-0.4, -0.2) is 53.3 Å². The molecule has 8 atom stereocenters. The third kappa shape index (κ3) is 5.72. The molecule has 2 heterocycles. The van der Waals surface area contributed by atoms with Crippen molar-refractivity contribution in [2.24, 2.45) is 23.7 Å². The van der Waals surface area contributed by atoms with E-state index in [2.05, 4.69) is 13.2 Å². The van der Waals surface area contributed by atoms with Crippen LogP contribution < -0.4 is 0 Å². The molecule has 3 fully saturated rings. The molecule has 3 rings (SSSR count). The van der Waals surface area contributed by atoms with E-state index in [0.717, 1.165) is 18.4 Å². The summed E-state index contributed by atoms with van der Waals surface area (Å²) in [5.74, 6) is -0.899. The maximum absolute atomic E-state index is 13.3. The molecule has 7 heteroatoms. The fourth-order valence-electron chi connectivity index (χ4n) is 6.22. The number of fused-ring (bicyclic) bond motifs is 5. The van der Waals surface area contributed by atoms with Crippen LogP contribution in [0.15, 0.2) is 24.3 Å². The second-order valence-corrected chi connectivity index (χ2v) is 10.8. The largest absolute Gasteiger partial charge is 0.454 e. The van der Waals surface area contributed by atoms with E-state index < -0.39 is 29.7 Å². The van der Waals surface area contributed by atoms with Gasteiger partial charge in [-0.15, -0.1) is 0 Å². The van der Waals surface area contributed by atoms with Crippen molar-refractivity contribution < 1.29 is 33.7 Å². The molecular formula is C28H42O7. The van der Waals surface area contributed by atoms with E-state index in [1.807, 2.05) is 20.8 Å². The molecule has 35 heavy (non-hydrogen) atoms. The van der Waals surface area contributed by atoms with Crippen LogP contribution in [0.1, 0.15) is 79.1 Å². The van der Waals surface area contributed by atoms with Crippen LogP contribution in [-0.2, 0) is 28.6 Å². The summed E-state index contributed by atoms with van der Waals surface area (Å²) in [5.41, 5.74) is 0.498. The van der Waals surface area contributed by atoms with Crippen LogP contribution in [0, 0.1) is 23.7 Å². The Morgan fingerprint density at radius 2 is 1.97 bits per heavy atom. The lowest BCUT2D eigenvalue weighted by molar-refractivity contribution is -0.195. The molecule has 3 aliphatic rings. The lowest BCUT2D eigenvalue weighted by Crippen LogP contribution is -2.52. The summed E-state index contributed by atoms with van der Waals surface area (Å²) < 4.78 is 18.2. The smallest absolute Gasteiger partial charge is 0.348 e. The lowest BCUT2D eigenvalue weighted by Gasteiger charge is -2.45. The monoisotopic (exact) mass is 490 g/mol. The zero-order valence-corrected chi connectivity index (χ0v) is 21.7. The number of carbonyl (C=O) groups is 3. The third-order valence-corrected chi connectivity index (χ3v) is 8.26. The third-order valence-electron chi connectivity index (χ3n) is 8.26. The quantitative estimate of drug-likeness (QED) is 0.307. The average molecular weight is 491 g/mol. The van der Waals surface area contributed by atoms with E-state index in [1.165, 1.54) is 0 Å². The van der Waals surface area contributed by atoms with E-state index in [1.54, 1.807) is 6.92 Å². The van der Waals surface area contributed by atoms with Gasteiger partial charge < -0.3 is 19.3 Å². The van der Waals surface area contributed by atoms with Gasteiger partial charge in [0.25, 0.3) is 0 Å². The van der Waals surface area contributed by atoms with Gasteiger partial charge in [-0.2, -0.15) is 0 Å². The first kappa shape index (κ1) is 27.6. The summed E-state index contributed by atoms with van der Waals surface area (Å²) in [6.45, 7) is 15.9. The lowest BCUT2D eigenvalue weighted by atomic mass is 9.61. The summed E-state index contributed by atoms with van der Waals surface area (Å²) in [6.07, 6.45) is 2.01. The van der Waals surface area contributed by atoms with Crippen molar-refractivity contribution in [3.05, 3.63) is 24.3 Å². The Kier molecular flexibility index (Phi) is 8.97. The van der Waals surface area contributed by atoms with E-state index in [0.29, 0.717) is 24.8 Å². The van der Waals surface area contributed by atoms with Gasteiger partial charge in [0.05, 0.1) is 6.10 Å². The Balaban J connectivity index is 1.97. The van der Waals surface area contributed by atoms with E-state index in [-0.39, 0.29) is 61.4 Å². The number of carbonyl (C=O) groups excluding carboxylic acids is 3. The molecule has 0 aromatic heterocycles. The summed E-state index contributed by atoms with van der Waals surface area (Å²) in [4.78, 5) is 38.2. The maximum atomic E-state index is 13.3. The van der Waals surface area contributed by atoms with Crippen molar-refractivity contribution in [2.75, 3.05) is 6.61 Å². The first-order valence-corrected chi connectivity index (χ1v) is 13.1. The molecule has 1 unspecified atom stereocenters. The van der Waals surface area contributed by atoms with Crippen molar-refractivity contribution in [2.45, 2.75) is 103 Å². The number of hydrogen-bond acceptors (Lipinski definition) is 7. The van der Waals surface area contributed by atoms with Crippen LogP contribution in [0.2, 0.25) is 0 Å². The van der Waals surface area contributed by atoms with E-state index in [9.17, 15) is 19.5 Å². The number of aliphatic hydroxyl groups is 1. The van der Waals surface area contributed by atoms with Crippen LogP contribution in [0.25, 0.3) is 0 Å². The minimum atomic E-state index is -1.11. The molecule has 2 saturated heterocycles. The minimum Gasteiger partial charge on any atom is -0.454 e. The van der Waals surface area contributed by atoms with Gasteiger partial charge in [-0.25, -0.2) is 4.79 Å². The minimum absolute atomic E-state index is 0.00205. The highest BCUT2D eigenvalue weighted by Crippen LogP contribution is 2.55. The first-order valence-electron chi connectivity index (χ1n) is 13.1. The Labute approximate surface area is 209 Å².